The molecule has 0 saturated heterocycles. The Balaban J connectivity index is 1.03. The summed E-state index contributed by atoms with van der Waals surface area (Å²) in [6.45, 7) is 6.72. The molecule has 0 radical (unpaired) electrons. The van der Waals surface area contributed by atoms with Crippen LogP contribution >= 0.6 is 11.8 Å². The van der Waals surface area contributed by atoms with E-state index in [0.29, 0.717) is 11.4 Å². The Kier molecular flexibility index (Phi) is 7.27. The number of anilines is 7. The lowest BCUT2D eigenvalue weighted by Crippen LogP contribution is -2.25. The smallest absolute Gasteiger partial charge is 0.146 e. The van der Waals surface area contributed by atoms with Crippen molar-refractivity contribution >= 4 is 51.8 Å². The highest BCUT2D eigenvalue weighted by Gasteiger charge is 2.32. The number of benzene rings is 7. The summed E-state index contributed by atoms with van der Waals surface area (Å²) in [7, 11) is 0. The normalized spacial score (nSPS) is 15.1. The van der Waals surface area contributed by atoms with Gasteiger partial charge in [-0.05, 0) is 100.0 Å². The maximum absolute atomic E-state index is 9.07. The predicted molar refractivity (Wildman–Crippen MR) is 263 cm³/mol. The summed E-state index contributed by atoms with van der Waals surface area (Å²) < 4.78 is 87.5. The largest absolute Gasteiger partial charge is 0.321 e. The minimum absolute atomic E-state index is 0.0793. The third-order valence-corrected chi connectivity index (χ3v) is 12.5. The predicted octanol–water partition coefficient (Wildman–Crippen LogP) is 15.6. The van der Waals surface area contributed by atoms with Crippen molar-refractivity contribution in [3.8, 4) is 44.5 Å². The molecule has 63 heavy (non-hydrogen) atoms. The molecule has 7 aromatic carbocycles. The van der Waals surface area contributed by atoms with Crippen LogP contribution in [0, 0.1) is 0 Å². The molecule has 9 aromatic rings. The minimum atomic E-state index is -0.545. The average molecular weight is 842 g/mol. The summed E-state index contributed by atoms with van der Waals surface area (Å²) in [6.07, 6.45) is 3.68. The van der Waals surface area contributed by atoms with Crippen LogP contribution in [-0.4, -0.2) is 16.6 Å². The van der Waals surface area contributed by atoms with Gasteiger partial charge in [0.1, 0.15) is 18.3 Å². The molecule has 0 amide bonds. The van der Waals surface area contributed by atoms with Crippen LogP contribution in [0.15, 0.2) is 216 Å². The molecule has 2 aliphatic rings. The van der Waals surface area contributed by atoms with E-state index in [4.69, 9.17) is 23.7 Å². The molecule has 0 saturated carbocycles. The number of hydrogen-bond acceptors (Lipinski definition) is 6. The van der Waals surface area contributed by atoms with Crippen molar-refractivity contribution in [1.29, 1.82) is 0 Å². The summed E-state index contributed by atoms with van der Waals surface area (Å²) in [5, 5.41) is 0. The Bertz CT molecular complexity index is 3600. The molecule has 0 aliphatic carbocycles. The summed E-state index contributed by atoms with van der Waals surface area (Å²) >= 11 is 1.61. The molecule has 0 atom stereocenters. The molecule has 0 bridgehead atoms. The van der Waals surface area contributed by atoms with E-state index < -0.39 is 60.4 Å². The number of rotatable bonds is 7. The number of pyridine rings is 2. The van der Waals surface area contributed by atoms with Gasteiger partial charge in [-0.2, -0.15) is 0 Å². The van der Waals surface area contributed by atoms with E-state index in [9.17, 15) is 0 Å². The van der Waals surface area contributed by atoms with Crippen LogP contribution in [0.3, 0.4) is 0 Å². The lowest BCUT2D eigenvalue weighted by Gasteiger charge is -2.27. The highest BCUT2D eigenvalue weighted by atomic mass is 32.2. The van der Waals surface area contributed by atoms with Crippen LogP contribution < -0.4 is 14.7 Å². The minimum Gasteiger partial charge on any atom is -0.321 e. The summed E-state index contributed by atoms with van der Waals surface area (Å²) in [4.78, 5) is 18.1. The Morgan fingerprint density at radius 1 is 0.508 bits per heavy atom. The molecule has 0 fully saturated rings. The van der Waals surface area contributed by atoms with E-state index in [1.54, 1.807) is 30.0 Å². The van der Waals surface area contributed by atoms with Gasteiger partial charge in [0.25, 0.3) is 0 Å². The van der Waals surface area contributed by atoms with Gasteiger partial charge in [-0.1, -0.05) is 160 Å². The van der Waals surface area contributed by atoms with Crippen LogP contribution in [0.5, 0.6) is 0 Å². The third kappa shape index (κ3) is 7.03. The Labute approximate surface area is 388 Å². The van der Waals surface area contributed by atoms with Gasteiger partial charge >= 0.3 is 0 Å². The van der Waals surface area contributed by atoms with Gasteiger partial charge in [-0.25, -0.2) is 9.97 Å². The molecule has 6 heteroatoms. The Morgan fingerprint density at radius 2 is 1.13 bits per heavy atom. The van der Waals surface area contributed by atoms with Gasteiger partial charge in [-0.15, -0.1) is 0 Å². The number of nitrogens with zero attached hydrogens (tertiary/aromatic N) is 5. The first-order chi connectivity index (χ1) is 35.0. The molecule has 11 rings (SSSR count). The van der Waals surface area contributed by atoms with Crippen molar-refractivity contribution < 1.29 is 13.7 Å². The highest BCUT2D eigenvalue weighted by Crippen LogP contribution is 2.53. The first kappa shape index (κ1) is 29.0. The molecule has 5 nitrogen and oxygen atoms in total. The van der Waals surface area contributed by atoms with Gasteiger partial charge in [0.15, 0.2) is 0 Å². The summed E-state index contributed by atoms with van der Waals surface area (Å²) in [5.74, 6) is 1.53. The van der Waals surface area contributed by atoms with Crippen LogP contribution in [0.25, 0.3) is 44.5 Å². The zero-order chi connectivity index (χ0) is 51.2. The SMILES string of the molecule is [2H]c1c([2H])c([2H])c(-c2cccc(-c3c([2H])c([2H])c([2H])c([2H])c3[2H])c2N2CN(c3cccc(Sc4ccc5c(c4)N(c4cc(C(C)(C)C)ccn4)c4ncccc4-c4ccccc4-5)c3)c3ccccc32)c([2H])c1[2H]. The zero-order valence-corrected chi connectivity index (χ0v) is 35.5. The fraction of sp³-hybridized carbons (Fsp3) is 0.0877. The standard InChI is InChI=1S/C57H45N5S/c1-57(2,3)41-32-34-58-54(35-41)62-53-37-44(30-31-49(53)47-23-10-11-24-48(47)50-27-16-33-59-56(50)62)63-43-22-14-21-42(36-43)60-38-61(52-29-13-12-28-51(52)60)55-45(39-17-6-4-7-18-39)25-15-26-46(55)40-19-8-5-9-20-40/h4-37H,38H2,1-3H3/i4D,5D,6D,7D,8D,9D,17D,18D,19D,20D. The van der Waals surface area contributed by atoms with E-state index in [2.05, 4.69) is 103 Å². The summed E-state index contributed by atoms with van der Waals surface area (Å²) in [5.41, 5.74) is 9.09. The van der Waals surface area contributed by atoms with Gasteiger partial charge < -0.3 is 9.80 Å². The first-order valence-electron chi connectivity index (χ1n) is 25.7. The molecule has 0 N–H and O–H groups in total. The Morgan fingerprint density at radius 3 is 1.84 bits per heavy atom. The van der Waals surface area contributed by atoms with Crippen LogP contribution in [0.2, 0.25) is 0 Å². The first-order valence-corrected chi connectivity index (χ1v) is 21.5. The third-order valence-electron chi connectivity index (χ3n) is 11.5. The molecule has 4 heterocycles. The van der Waals surface area contributed by atoms with E-state index >= 15 is 0 Å². The number of aromatic nitrogens is 2. The molecular formula is C57H45N5S. The van der Waals surface area contributed by atoms with E-state index in [0.717, 1.165) is 66.3 Å². The van der Waals surface area contributed by atoms with Crippen LogP contribution in [-0.2, 0) is 5.41 Å². The van der Waals surface area contributed by atoms with Crippen molar-refractivity contribution in [3.63, 3.8) is 0 Å². The summed E-state index contributed by atoms with van der Waals surface area (Å²) in [6, 6.07) is 39.1. The van der Waals surface area contributed by atoms with Gasteiger partial charge in [0, 0.05) is 50.1 Å². The number of hydrogen-bond donors (Lipinski definition) is 0. The quantitative estimate of drug-likeness (QED) is 0.159. The van der Waals surface area contributed by atoms with Crippen LogP contribution in [0.4, 0.5) is 40.1 Å². The van der Waals surface area contributed by atoms with Crippen molar-refractivity contribution in [2.24, 2.45) is 0 Å². The lowest BCUT2D eigenvalue weighted by atomic mass is 9.88. The highest BCUT2D eigenvalue weighted by molar-refractivity contribution is 7.99. The topological polar surface area (TPSA) is 35.5 Å². The van der Waals surface area contributed by atoms with Crippen LogP contribution in [0.1, 0.15) is 40.0 Å². The van der Waals surface area contributed by atoms with E-state index in [1.807, 2.05) is 59.8 Å². The molecule has 0 unspecified atom stereocenters. The Hall–Kier alpha value is -7.41. The zero-order valence-electron chi connectivity index (χ0n) is 44.7. The van der Waals surface area contributed by atoms with Crippen molar-refractivity contribution in [2.45, 2.75) is 36.0 Å². The fourth-order valence-corrected chi connectivity index (χ4v) is 9.47. The second kappa shape index (κ2) is 15.8. The van der Waals surface area contributed by atoms with E-state index in [-0.39, 0.29) is 34.3 Å². The lowest BCUT2D eigenvalue weighted by molar-refractivity contribution is 0.589. The molecule has 304 valence electrons. The van der Waals surface area contributed by atoms with E-state index in [1.165, 1.54) is 0 Å². The second-order valence-electron chi connectivity index (χ2n) is 16.4. The maximum Gasteiger partial charge on any atom is 0.146 e. The molecular weight excluding hydrogens is 787 g/mol. The van der Waals surface area contributed by atoms with Crippen molar-refractivity contribution in [1.82, 2.24) is 9.97 Å². The van der Waals surface area contributed by atoms with Crippen molar-refractivity contribution in [3.05, 3.63) is 212 Å². The van der Waals surface area contributed by atoms with Gasteiger partial charge in [-0.3, -0.25) is 4.90 Å². The van der Waals surface area contributed by atoms with Gasteiger partial charge in [0.05, 0.1) is 36.5 Å². The monoisotopic (exact) mass is 841 g/mol. The second-order valence-corrected chi connectivity index (χ2v) is 17.5. The number of para-hydroxylation sites is 3. The average Bonchev–Trinajstić information content (AvgIpc) is 3.73. The van der Waals surface area contributed by atoms with Gasteiger partial charge in [0.2, 0.25) is 0 Å². The molecule has 2 aromatic heterocycles. The molecule has 0 spiro atoms. The number of fused-ring (bicyclic) bond motifs is 6. The maximum atomic E-state index is 9.07. The fourth-order valence-electron chi connectivity index (χ4n) is 8.56. The molecule has 2 aliphatic heterocycles. The van der Waals surface area contributed by atoms with Crippen molar-refractivity contribution in [2.75, 3.05) is 21.4 Å².